The van der Waals surface area contributed by atoms with Gasteiger partial charge in [-0.2, -0.15) is 0 Å². The van der Waals surface area contributed by atoms with Crippen molar-refractivity contribution in [2.45, 2.75) is 53.4 Å². The van der Waals surface area contributed by atoms with Crippen LogP contribution in [0.15, 0.2) is 12.2 Å². The topological polar surface area (TPSA) is 0 Å². The van der Waals surface area contributed by atoms with E-state index in [1.165, 1.54) is 31.3 Å². The van der Waals surface area contributed by atoms with Crippen LogP contribution in [0.3, 0.4) is 0 Å². The molecule has 14 heavy (non-hydrogen) atoms. The van der Waals surface area contributed by atoms with Crippen LogP contribution in [0.4, 0.5) is 0 Å². The standard InChI is InChI=1S/C14H26/c1-10(2)8-12(4)14-7-6-11(3)9-13(14)5/h11-14H,1,6-9H2,2-5H3. The Morgan fingerprint density at radius 1 is 1.36 bits per heavy atom. The van der Waals surface area contributed by atoms with Crippen molar-refractivity contribution < 1.29 is 0 Å². The van der Waals surface area contributed by atoms with Crippen LogP contribution in [0.25, 0.3) is 0 Å². The van der Waals surface area contributed by atoms with Gasteiger partial charge in [0.2, 0.25) is 0 Å². The van der Waals surface area contributed by atoms with E-state index in [4.69, 9.17) is 0 Å². The van der Waals surface area contributed by atoms with Crippen molar-refractivity contribution >= 4 is 0 Å². The number of hydrogen-bond acceptors (Lipinski definition) is 0. The average molecular weight is 194 g/mol. The monoisotopic (exact) mass is 194 g/mol. The first-order valence-electron chi connectivity index (χ1n) is 6.15. The largest absolute Gasteiger partial charge is 0.100 e. The van der Waals surface area contributed by atoms with Crippen molar-refractivity contribution in [1.82, 2.24) is 0 Å². The van der Waals surface area contributed by atoms with Gasteiger partial charge >= 0.3 is 0 Å². The minimum Gasteiger partial charge on any atom is -0.100 e. The molecule has 0 radical (unpaired) electrons. The highest BCUT2D eigenvalue weighted by Gasteiger charge is 2.28. The lowest BCUT2D eigenvalue weighted by Gasteiger charge is -2.36. The van der Waals surface area contributed by atoms with Gasteiger partial charge in [-0.15, -0.1) is 6.58 Å². The molecule has 1 aliphatic carbocycles. The minimum atomic E-state index is 0.843. The molecule has 82 valence electrons. The average Bonchev–Trinajstić information content (AvgIpc) is 2.01. The van der Waals surface area contributed by atoms with Crippen LogP contribution in [0.5, 0.6) is 0 Å². The molecule has 0 saturated heterocycles. The molecule has 1 fully saturated rings. The maximum Gasteiger partial charge on any atom is -0.0297 e. The maximum atomic E-state index is 4.03. The summed E-state index contributed by atoms with van der Waals surface area (Å²) in [6, 6.07) is 0. The van der Waals surface area contributed by atoms with E-state index in [2.05, 4.69) is 34.3 Å². The Balaban J connectivity index is 2.46. The van der Waals surface area contributed by atoms with Crippen LogP contribution in [-0.2, 0) is 0 Å². The van der Waals surface area contributed by atoms with Crippen molar-refractivity contribution in [2.75, 3.05) is 0 Å². The summed E-state index contributed by atoms with van der Waals surface area (Å²) in [5.74, 6) is 3.67. The fourth-order valence-electron chi connectivity index (χ4n) is 3.24. The van der Waals surface area contributed by atoms with Crippen LogP contribution >= 0.6 is 0 Å². The summed E-state index contributed by atoms with van der Waals surface area (Å²) in [4.78, 5) is 0. The maximum absolute atomic E-state index is 4.03. The van der Waals surface area contributed by atoms with Crippen LogP contribution in [0.1, 0.15) is 53.4 Å². The van der Waals surface area contributed by atoms with Gasteiger partial charge in [0.05, 0.1) is 0 Å². The van der Waals surface area contributed by atoms with Crippen LogP contribution in [0, 0.1) is 23.7 Å². The molecular weight excluding hydrogens is 168 g/mol. The summed E-state index contributed by atoms with van der Waals surface area (Å²) in [6.45, 7) is 13.4. The van der Waals surface area contributed by atoms with Crippen molar-refractivity contribution in [3.8, 4) is 0 Å². The molecule has 4 atom stereocenters. The number of hydrogen-bond donors (Lipinski definition) is 0. The van der Waals surface area contributed by atoms with Crippen LogP contribution in [-0.4, -0.2) is 0 Å². The van der Waals surface area contributed by atoms with Crippen molar-refractivity contribution in [3.05, 3.63) is 12.2 Å². The normalized spacial score (nSPS) is 35.3. The van der Waals surface area contributed by atoms with E-state index in [1.54, 1.807) is 0 Å². The lowest BCUT2D eigenvalue weighted by Crippen LogP contribution is -2.26. The predicted octanol–water partition coefficient (Wildman–Crippen LogP) is 4.66. The van der Waals surface area contributed by atoms with E-state index in [0.29, 0.717) is 0 Å². The first kappa shape index (κ1) is 11.8. The molecule has 0 aromatic heterocycles. The molecule has 1 rings (SSSR count). The van der Waals surface area contributed by atoms with Crippen molar-refractivity contribution in [2.24, 2.45) is 23.7 Å². The molecule has 0 heterocycles. The summed E-state index contributed by atoms with van der Waals surface area (Å²) in [5, 5.41) is 0. The van der Waals surface area contributed by atoms with Gasteiger partial charge in [0.25, 0.3) is 0 Å². The SMILES string of the molecule is C=C(C)CC(C)C1CCC(C)CC1C. The summed E-state index contributed by atoms with van der Waals surface area (Å²) in [6.07, 6.45) is 5.54. The summed E-state index contributed by atoms with van der Waals surface area (Å²) >= 11 is 0. The summed E-state index contributed by atoms with van der Waals surface area (Å²) in [5.41, 5.74) is 1.35. The second-order valence-corrected chi connectivity index (χ2v) is 5.70. The van der Waals surface area contributed by atoms with Gasteiger partial charge in [-0.1, -0.05) is 32.8 Å². The molecule has 0 spiro atoms. The molecule has 0 heteroatoms. The molecule has 0 N–H and O–H groups in total. The zero-order valence-corrected chi connectivity index (χ0v) is 10.3. The van der Waals surface area contributed by atoms with Crippen molar-refractivity contribution in [3.63, 3.8) is 0 Å². The van der Waals surface area contributed by atoms with E-state index >= 15 is 0 Å². The summed E-state index contributed by atoms with van der Waals surface area (Å²) in [7, 11) is 0. The Hall–Kier alpha value is -0.260. The molecule has 0 amide bonds. The Kier molecular flexibility index (Phi) is 4.22. The Labute approximate surface area is 89.8 Å². The third-order valence-corrected chi connectivity index (χ3v) is 3.90. The Bertz CT molecular complexity index is 192. The molecule has 0 aromatic rings. The fourth-order valence-corrected chi connectivity index (χ4v) is 3.24. The Morgan fingerprint density at radius 2 is 2.00 bits per heavy atom. The second kappa shape index (κ2) is 5.00. The first-order chi connectivity index (χ1) is 6.50. The number of rotatable bonds is 3. The van der Waals surface area contributed by atoms with Gasteiger partial charge in [0.1, 0.15) is 0 Å². The molecule has 1 saturated carbocycles. The molecule has 0 nitrogen and oxygen atoms in total. The van der Waals surface area contributed by atoms with E-state index < -0.39 is 0 Å². The lowest BCUT2D eigenvalue weighted by atomic mass is 9.69. The van der Waals surface area contributed by atoms with E-state index in [0.717, 1.165) is 23.7 Å². The third kappa shape index (κ3) is 3.15. The zero-order chi connectivity index (χ0) is 10.7. The van der Waals surface area contributed by atoms with Gasteiger partial charge in [-0.05, 0) is 49.9 Å². The smallest absolute Gasteiger partial charge is 0.0297 e. The van der Waals surface area contributed by atoms with Gasteiger partial charge in [0.15, 0.2) is 0 Å². The van der Waals surface area contributed by atoms with Gasteiger partial charge in [-0.3, -0.25) is 0 Å². The van der Waals surface area contributed by atoms with Gasteiger partial charge < -0.3 is 0 Å². The van der Waals surface area contributed by atoms with E-state index in [-0.39, 0.29) is 0 Å². The molecule has 4 unspecified atom stereocenters. The highest BCUT2D eigenvalue weighted by Crippen LogP contribution is 2.39. The van der Waals surface area contributed by atoms with Crippen LogP contribution < -0.4 is 0 Å². The minimum absolute atomic E-state index is 0.843. The van der Waals surface area contributed by atoms with Gasteiger partial charge in [-0.25, -0.2) is 0 Å². The molecule has 0 bridgehead atoms. The Morgan fingerprint density at radius 3 is 2.50 bits per heavy atom. The second-order valence-electron chi connectivity index (χ2n) is 5.70. The molecular formula is C14H26. The molecule has 1 aliphatic rings. The highest BCUT2D eigenvalue weighted by atomic mass is 14.3. The fraction of sp³-hybridized carbons (Fsp3) is 0.857. The summed E-state index contributed by atoms with van der Waals surface area (Å²) < 4.78 is 0. The van der Waals surface area contributed by atoms with Crippen molar-refractivity contribution in [1.29, 1.82) is 0 Å². The zero-order valence-electron chi connectivity index (χ0n) is 10.3. The predicted molar refractivity (Wildman–Crippen MR) is 64.3 cm³/mol. The van der Waals surface area contributed by atoms with Gasteiger partial charge in [0, 0.05) is 0 Å². The molecule has 0 aliphatic heterocycles. The third-order valence-electron chi connectivity index (χ3n) is 3.90. The molecule has 0 aromatic carbocycles. The quantitative estimate of drug-likeness (QED) is 0.573. The van der Waals surface area contributed by atoms with Crippen LogP contribution in [0.2, 0.25) is 0 Å². The highest BCUT2D eigenvalue weighted by molar-refractivity contribution is 4.92. The number of allylic oxidation sites excluding steroid dienone is 1. The lowest BCUT2D eigenvalue weighted by molar-refractivity contribution is 0.149. The van der Waals surface area contributed by atoms with E-state index in [1.807, 2.05) is 0 Å². The van der Waals surface area contributed by atoms with E-state index in [9.17, 15) is 0 Å². The first-order valence-corrected chi connectivity index (χ1v) is 6.15.